The molecule has 0 saturated carbocycles. The quantitative estimate of drug-likeness (QED) is 0.841. The molecule has 0 amide bonds. The van der Waals surface area contributed by atoms with Crippen LogP contribution in [0.4, 0.5) is 5.13 Å². The minimum absolute atomic E-state index is 0.292. The Bertz CT molecular complexity index is 338. The van der Waals surface area contributed by atoms with Crippen molar-refractivity contribution in [3.05, 3.63) is 11.1 Å². The Kier molecular flexibility index (Phi) is 4.08. The van der Waals surface area contributed by atoms with Crippen molar-refractivity contribution >= 4 is 22.4 Å². The predicted octanol–water partition coefficient (Wildman–Crippen LogP) is 2.47. The van der Waals surface area contributed by atoms with Gasteiger partial charge in [0.1, 0.15) is 4.88 Å². The van der Waals surface area contributed by atoms with Crippen molar-refractivity contribution < 1.29 is 9.90 Å². The molecule has 1 N–H and O–H groups in total. The molecule has 0 fully saturated rings. The van der Waals surface area contributed by atoms with Gasteiger partial charge in [-0.25, -0.2) is 9.78 Å². The van der Waals surface area contributed by atoms with Crippen LogP contribution in [-0.4, -0.2) is 29.1 Å². The van der Waals surface area contributed by atoms with Crippen molar-refractivity contribution in [2.75, 3.05) is 11.9 Å². The average Bonchev–Trinajstić information content (AvgIpc) is 2.65. The second kappa shape index (κ2) is 5.11. The molecule has 0 bridgehead atoms. The summed E-state index contributed by atoms with van der Waals surface area (Å²) < 4.78 is 0. The van der Waals surface area contributed by atoms with Gasteiger partial charge >= 0.3 is 5.97 Å². The number of hydrogen-bond acceptors (Lipinski definition) is 4. The molecule has 0 aromatic carbocycles. The third-order valence-corrected chi connectivity index (χ3v) is 3.45. The minimum atomic E-state index is -0.907. The highest BCUT2D eigenvalue weighted by atomic mass is 32.1. The van der Waals surface area contributed by atoms with Gasteiger partial charge in [0.25, 0.3) is 0 Å². The Morgan fingerprint density at radius 2 is 2.40 bits per heavy atom. The summed E-state index contributed by atoms with van der Waals surface area (Å²) in [5.74, 6) is -0.907. The first-order valence-corrected chi connectivity index (χ1v) is 5.79. The highest BCUT2D eigenvalue weighted by Crippen LogP contribution is 2.23. The van der Waals surface area contributed by atoms with Crippen LogP contribution in [-0.2, 0) is 0 Å². The van der Waals surface area contributed by atoms with Crippen molar-refractivity contribution in [2.24, 2.45) is 0 Å². The number of rotatable bonds is 5. The van der Waals surface area contributed by atoms with E-state index in [9.17, 15) is 4.79 Å². The van der Waals surface area contributed by atoms with Crippen molar-refractivity contribution in [1.29, 1.82) is 0 Å². The number of anilines is 1. The molecule has 0 aliphatic carbocycles. The summed E-state index contributed by atoms with van der Waals surface area (Å²) in [6.45, 7) is 4.25. The van der Waals surface area contributed by atoms with Crippen molar-refractivity contribution in [1.82, 2.24) is 4.98 Å². The van der Waals surface area contributed by atoms with Gasteiger partial charge in [-0.2, -0.15) is 0 Å². The topological polar surface area (TPSA) is 53.4 Å². The Labute approximate surface area is 93.6 Å². The Balaban J connectivity index is 2.73. The molecule has 1 aromatic heterocycles. The molecule has 1 unspecified atom stereocenters. The summed E-state index contributed by atoms with van der Waals surface area (Å²) in [7, 11) is 1.95. The molecule has 0 radical (unpaired) electrons. The number of carbonyl (C=O) groups is 1. The number of thiazole rings is 1. The normalized spacial score (nSPS) is 12.5. The van der Waals surface area contributed by atoms with Crippen LogP contribution in [0, 0.1) is 0 Å². The smallest absolute Gasteiger partial charge is 0.347 e. The van der Waals surface area contributed by atoms with Crippen LogP contribution < -0.4 is 4.90 Å². The molecule has 0 aliphatic heterocycles. The summed E-state index contributed by atoms with van der Waals surface area (Å²) in [4.78, 5) is 17.1. The fourth-order valence-corrected chi connectivity index (χ4v) is 2.15. The summed E-state index contributed by atoms with van der Waals surface area (Å²) >= 11 is 1.22. The SMILES string of the molecule is CCCC(C)N(C)c1ncc(C(=O)O)s1. The third kappa shape index (κ3) is 2.92. The minimum Gasteiger partial charge on any atom is -0.477 e. The average molecular weight is 228 g/mol. The van der Waals surface area contributed by atoms with Gasteiger partial charge in [-0.1, -0.05) is 24.7 Å². The summed E-state index contributed by atoms with van der Waals surface area (Å²) in [6, 6.07) is 0.391. The van der Waals surface area contributed by atoms with Crippen LogP contribution in [0.15, 0.2) is 6.20 Å². The second-order valence-corrected chi connectivity index (χ2v) is 4.57. The molecule has 5 heteroatoms. The lowest BCUT2D eigenvalue weighted by Crippen LogP contribution is -2.28. The molecule has 15 heavy (non-hydrogen) atoms. The van der Waals surface area contributed by atoms with Crippen LogP contribution in [0.3, 0.4) is 0 Å². The first-order valence-electron chi connectivity index (χ1n) is 4.98. The number of nitrogens with zero attached hydrogens (tertiary/aromatic N) is 2. The monoisotopic (exact) mass is 228 g/mol. The number of hydrogen-bond donors (Lipinski definition) is 1. The number of aromatic nitrogens is 1. The standard InChI is InChI=1S/C10H16N2O2S/c1-4-5-7(2)12(3)10-11-6-8(15-10)9(13)14/h6-7H,4-5H2,1-3H3,(H,13,14). The van der Waals surface area contributed by atoms with Crippen molar-refractivity contribution in [3.8, 4) is 0 Å². The third-order valence-electron chi connectivity index (χ3n) is 2.37. The lowest BCUT2D eigenvalue weighted by molar-refractivity contribution is 0.0702. The van der Waals surface area contributed by atoms with Gasteiger partial charge in [-0.3, -0.25) is 0 Å². The summed E-state index contributed by atoms with van der Waals surface area (Å²) in [6.07, 6.45) is 3.61. The molecule has 1 rings (SSSR count). The molecular formula is C10H16N2O2S. The van der Waals surface area contributed by atoms with Gasteiger partial charge in [0, 0.05) is 13.1 Å². The second-order valence-electron chi connectivity index (χ2n) is 3.56. The van der Waals surface area contributed by atoms with Crippen LogP contribution in [0.2, 0.25) is 0 Å². The van der Waals surface area contributed by atoms with Gasteiger partial charge in [-0.05, 0) is 13.3 Å². The van der Waals surface area contributed by atoms with Crippen LogP contribution in [0.1, 0.15) is 36.4 Å². The Morgan fingerprint density at radius 1 is 1.73 bits per heavy atom. The number of aromatic carboxylic acids is 1. The van der Waals surface area contributed by atoms with Gasteiger partial charge in [0.2, 0.25) is 0 Å². The molecule has 0 aliphatic rings. The molecule has 4 nitrogen and oxygen atoms in total. The maximum atomic E-state index is 10.7. The maximum Gasteiger partial charge on any atom is 0.347 e. The maximum absolute atomic E-state index is 10.7. The van der Waals surface area contributed by atoms with Gasteiger partial charge in [0.05, 0.1) is 6.20 Å². The molecule has 1 aromatic rings. The van der Waals surface area contributed by atoms with E-state index in [1.807, 2.05) is 11.9 Å². The zero-order valence-corrected chi connectivity index (χ0v) is 10.0. The molecule has 0 spiro atoms. The van der Waals surface area contributed by atoms with E-state index in [-0.39, 0.29) is 0 Å². The lowest BCUT2D eigenvalue weighted by Gasteiger charge is -2.23. The van der Waals surface area contributed by atoms with Crippen LogP contribution in [0.5, 0.6) is 0 Å². The van der Waals surface area contributed by atoms with Gasteiger partial charge < -0.3 is 10.0 Å². The highest BCUT2D eigenvalue weighted by molar-refractivity contribution is 7.17. The number of carboxylic acids is 1. The van der Waals surface area contributed by atoms with E-state index in [2.05, 4.69) is 18.8 Å². The van der Waals surface area contributed by atoms with Crippen LogP contribution >= 0.6 is 11.3 Å². The number of carboxylic acid groups (broad SMARTS) is 1. The van der Waals surface area contributed by atoms with Gasteiger partial charge in [0.15, 0.2) is 5.13 Å². The van der Waals surface area contributed by atoms with Crippen molar-refractivity contribution in [2.45, 2.75) is 32.7 Å². The van der Waals surface area contributed by atoms with E-state index in [0.717, 1.165) is 18.0 Å². The zero-order chi connectivity index (χ0) is 11.4. The van der Waals surface area contributed by atoms with Gasteiger partial charge in [-0.15, -0.1) is 0 Å². The fourth-order valence-electron chi connectivity index (χ4n) is 1.33. The molecule has 84 valence electrons. The van der Waals surface area contributed by atoms with E-state index in [4.69, 9.17) is 5.11 Å². The molecule has 1 heterocycles. The zero-order valence-electron chi connectivity index (χ0n) is 9.23. The molecule has 1 atom stereocenters. The Morgan fingerprint density at radius 3 is 2.87 bits per heavy atom. The predicted molar refractivity (Wildman–Crippen MR) is 61.8 cm³/mol. The first kappa shape index (κ1) is 12.0. The highest BCUT2D eigenvalue weighted by Gasteiger charge is 2.15. The lowest BCUT2D eigenvalue weighted by atomic mass is 10.2. The Hall–Kier alpha value is -1.10. The van der Waals surface area contributed by atoms with E-state index in [1.165, 1.54) is 17.5 Å². The summed E-state index contributed by atoms with van der Waals surface area (Å²) in [5.41, 5.74) is 0. The summed E-state index contributed by atoms with van der Waals surface area (Å²) in [5, 5.41) is 9.55. The largest absolute Gasteiger partial charge is 0.477 e. The van der Waals surface area contributed by atoms with E-state index < -0.39 is 5.97 Å². The van der Waals surface area contributed by atoms with E-state index in [1.54, 1.807) is 0 Å². The first-order chi connectivity index (χ1) is 7.06. The van der Waals surface area contributed by atoms with E-state index >= 15 is 0 Å². The van der Waals surface area contributed by atoms with Crippen LogP contribution in [0.25, 0.3) is 0 Å². The van der Waals surface area contributed by atoms with E-state index in [0.29, 0.717) is 10.9 Å². The van der Waals surface area contributed by atoms with Crippen molar-refractivity contribution in [3.63, 3.8) is 0 Å². The molecule has 0 saturated heterocycles. The fraction of sp³-hybridized carbons (Fsp3) is 0.600. The molecular weight excluding hydrogens is 212 g/mol.